The largest absolute Gasteiger partial charge is 0.507 e. The average Bonchev–Trinajstić information content (AvgIpc) is 2.89. The molecule has 1 heterocycles. The van der Waals surface area contributed by atoms with E-state index < -0.39 is 0 Å². The molecule has 6 heteroatoms. The quantitative estimate of drug-likeness (QED) is 0.227. The van der Waals surface area contributed by atoms with E-state index in [0.29, 0.717) is 23.6 Å². The number of rotatable bonds is 6. The number of allylic oxidation sites excluding steroid dienone is 2. The summed E-state index contributed by atoms with van der Waals surface area (Å²) >= 11 is 0. The Morgan fingerprint density at radius 1 is 1.09 bits per heavy atom. The molecule has 0 atom stereocenters. The van der Waals surface area contributed by atoms with Crippen LogP contribution in [0.25, 0.3) is 16.8 Å². The van der Waals surface area contributed by atoms with Gasteiger partial charge >= 0.3 is 0 Å². The molecule has 176 valence electrons. The third kappa shape index (κ3) is 6.46. The number of aryl methyl sites for hydroxylation is 2. The number of nitrogens with one attached hydrogen (secondary N) is 2. The first-order chi connectivity index (χ1) is 17.0. The number of fused-ring (bicyclic) bond motifs is 1. The summed E-state index contributed by atoms with van der Waals surface area (Å²) < 4.78 is 0. The number of phenolic OH excluding ortho intramolecular Hbond substituents is 1. The van der Waals surface area contributed by atoms with Gasteiger partial charge in [-0.15, -0.1) is 0 Å². The minimum Gasteiger partial charge on any atom is -0.507 e. The number of hydrogen-bond donors (Lipinski definition) is 3. The van der Waals surface area contributed by atoms with Crippen LogP contribution in [0.4, 0.5) is 11.6 Å². The number of nitriles is 1. The fraction of sp³-hybridized carbons (Fsp3) is 0.138. The topological polar surface area (TPSA) is 93.9 Å². The second-order valence-electron chi connectivity index (χ2n) is 7.93. The van der Waals surface area contributed by atoms with Gasteiger partial charge in [-0.2, -0.15) is 5.26 Å². The number of aromatic nitrogens is 2. The van der Waals surface area contributed by atoms with Crippen molar-refractivity contribution in [3.05, 3.63) is 107 Å². The van der Waals surface area contributed by atoms with Gasteiger partial charge in [0.2, 0.25) is 5.95 Å². The Balaban J connectivity index is 0.000000363. The zero-order valence-corrected chi connectivity index (χ0v) is 20.2. The first-order valence-corrected chi connectivity index (χ1v) is 11.2. The van der Waals surface area contributed by atoms with Gasteiger partial charge in [0.05, 0.1) is 11.6 Å². The zero-order chi connectivity index (χ0) is 25.2. The third-order valence-corrected chi connectivity index (χ3v) is 5.43. The van der Waals surface area contributed by atoms with Gasteiger partial charge in [0.25, 0.3) is 0 Å². The van der Waals surface area contributed by atoms with Crippen molar-refractivity contribution in [3.8, 4) is 11.8 Å². The van der Waals surface area contributed by atoms with Gasteiger partial charge in [-0.1, -0.05) is 54.6 Å². The molecule has 3 N–H and O–H groups in total. The van der Waals surface area contributed by atoms with Gasteiger partial charge in [0.15, 0.2) is 0 Å². The lowest BCUT2D eigenvalue weighted by Crippen LogP contribution is -2.02. The highest BCUT2D eigenvalue weighted by atomic mass is 16.3. The maximum absolute atomic E-state index is 10.9. The molecular formula is C29H29N5O. The molecule has 0 fully saturated rings. The Hall–Kier alpha value is -4.63. The van der Waals surface area contributed by atoms with Crippen LogP contribution in [0, 0.1) is 25.2 Å². The fourth-order valence-corrected chi connectivity index (χ4v) is 3.63. The normalized spacial score (nSPS) is 10.6. The Morgan fingerprint density at radius 2 is 1.83 bits per heavy atom. The molecule has 0 radical (unpaired) electrons. The van der Waals surface area contributed by atoms with Crippen LogP contribution in [0.5, 0.6) is 5.75 Å². The lowest BCUT2D eigenvalue weighted by molar-refractivity contribution is 0.469. The Kier molecular flexibility index (Phi) is 8.58. The molecule has 4 aromatic rings. The van der Waals surface area contributed by atoms with Gasteiger partial charge in [-0.05, 0) is 54.5 Å². The molecule has 0 aliphatic heterocycles. The highest BCUT2D eigenvalue weighted by Gasteiger charge is 2.12. The van der Waals surface area contributed by atoms with Gasteiger partial charge in [0, 0.05) is 42.8 Å². The number of aromatic hydroxyl groups is 1. The van der Waals surface area contributed by atoms with Crippen LogP contribution < -0.4 is 10.6 Å². The molecule has 6 nitrogen and oxygen atoms in total. The van der Waals surface area contributed by atoms with Crippen molar-refractivity contribution in [1.82, 2.24) is 9.97 Å². The van der Waals surface area contributed by atoms with Crippen molar-refractivity contribution in [2.24, 2.45) is 0 Å². The predicted molar refractivity (Wildman–Crippen MR) is 144 cm³/mol. The van der Waals surface area contributed by atoms with Crippen molar-refractivity contribution in [2.45, 2.75) is 20.4 Å². The summed E-state index contributed by atoms with van der Waals surface area (Å²) in [7, 11) is 1.79. The molecule has 0 saturated carbocycles. The maximum Gasteiger partial charge on any atom is 0.222 e. The smallest absolute Gasteiger partial charge is 0.222 e. The molecule has 4 rings (SSSR count). The van der Waals surface area contributed by atoms with Crippen LogP contribution in [0.15, 0.2) is 85.2 Å². The molecule has 0 amide bonds. The summed E-state index contributed by atoms with van der Waals surface area (Å²) in [6.07, 6.45) is 6.57. The molecule has 0 unspecified atom stereocenters. The summed E-state index contributed by atoms with van der Waals surface area (Å²) in [6.45, 7) is 8.28. The molecule has 0 aliphatic carbocycles. The molecule has 1 aromatic heterocycles. The molecule has 35 heavy (non-hydrogen) atoms. The first kappa shape index (κ1) is 25.0. The van der Waals surface area contributed by atoms with Gasteiger partial charge in [-0.3, -0.25) is 0 Å². The Labute approximate surface area is 206 Å². The van der Waals surface area contributed by atoms with E-state index in [1.54, 1.807) is 31.6 Å². The van der Waals surface area contributed by atoms with Crippen LogP contribution in [-0.4, -0.2) is 22.1 Å². The van der Waals surface area contributed by atoms with E-state index in [9.17, 15) is 10.4 Å². The standard InChI is InChI=1S/C24H22N2O.C5H7N3/c1-4-18(14-25)12-22-21-8-6-5-7-19(21)13-20(24(22)27)15-26-23-10-9-16(2)11-17(23)3;1-6-5-7-3-2-4-8-5/h4-13,26-27H,1,15H2,2-3H3;2-4H,1H3,(H,6,7,8)/b18-12-;. The second kappa shape index (κ2) is 12.0. The predicted octanol–water partition coefficient (Wildman–Crippen LogP) is 6.39. The Bertz CT molecular complexity index is 1390. The van der Waals surface area contributed by atoms with Crippen molar-refractivity contribution in [3.63, 3.8) is 0 Å². The van der Waals surface area contributed by atoms with Gasteiger partial charge in [0.1, 0.15) is 5.75 Å². The van der Waals surface area contributed by atoms with E-state index in [4.69, 9.17) is 0 Å². The number of nitrogens with zero attached hydrogens (tertiary/aromatic N) is 3. The number of anilines is 2. The van der Waals surface area contributed by atoms with Crippen molar-refractivity contribution in [1.29, 1.82) is 5.26 Å². The number of phenols is 1. The molecule has 0 aliphatic rings. The van der Waals surface area contributed by atoms with Crippen LogP contribution in [-0.2, 0) is 6.54 Å². The minimum atomic E-state index is 0.181. The molecular weight excluding hydrogens is 434 g/mol. The maximum atomic E-state index is 10.9. The number of benzene rings is 3. The third-order valence-electron chi connectivity index (χ3n) is 5.43. The van der Waals surface area contributed by atoms with Crippen molar-refractivity contribution in [2.75, 3.05) is 17.7 Å². The summed E-state index contributed by atoms with van der Waals surface area (Å²) in [5, 5.41) is 28.3. The van der Waals surface area contributed by atoms with E-state index in [1.165, 1.54) is 11.6 Å². The summed E-state index contributed by atoms with van der Waals surface area (Å²) in [5.41, 5.74) is 5.24. The molecule has 0 bridgehead atoms. The zero-order valence-electron chi connectivity index (χ0n) is 20.2. The van der Waals surface area contributed by atoms with Crippen LogP contribution >= 0.6 is 0 Å². The van der Waals surface area contributed by atoms with Crippen LogP contribution in [0.3, 0.4) is 0 Å². The van der Waals surface area contributed by atoms with E-state index in [2.05, 4.69) is 65.3 Å². The van der Waals surface area contributed by atoms with Crippen LogP contribution in [0.2, 0.25) is 0 Å². The lowest BCUT2D eigenvalue weighted by Gasteiger charge is -2.15. The molecule has 0 spiro atoms. The summed E-state index contributed by atoms with van der Waals surface area (Å²) in [6, 6.07) is 19.9. The first-order valence-electron chi connectivity index (χ1n) is 11.2. The van der Waals surface area contributed by atoms with Crippen LogP contribution in [0.1, 0.15) is 22.3 Å². The van der Waals surface area contributed by atoms with E-state index in [0.717, 1.165) is 27.6 Å². The average molecular weight is 464 g/mol. The van der Waals surface area contributed by atoms with E-state index >= 15 is 0 Å². The molecule has 3 aromatic carbocycles. The summed E-state index contributed by atoms with van der Waals surface area (Å²) in [4.78, 5) is 7.75. The van der Waals surface area contributed by atoms with E-state index in [-0.39, 0.29) is 5.75 Å². The SMILES string of the molecule is C=C/C(C#N)=C/c1c(O)c(CNc2ccc(C)cc2C)cc2ccccc12.CNc1ncccn1. The van der Waals surface area contributed by atoms with E-state index in [1.807, 2.05) is 30.3 Å². The molecule has 0 saturated heterocycles. The Morgan fingerprint density at radius 3 is 2.46 bits per heavy atom. The van der Waals surface area contributed by atoms with Crippen molar-refractivity contribution < 1.29 is 5.11 Å². The minimum absolute atomic E-state index is 0.181. The highest BCUT2D eigenvalue weighted by molar-refractivity contribution is 5.95. The monoisotopic (exact) mass is 463 g/mol. The fourth-order valence-electron chi connectivity index (χ4n) is 3.63. The number of hydrogen-bond acceptors (Lipinski definition) is 6. The lowest BCUT2D eigenvalue weighted by atomic mass is 9.97. The van der Waals surface area contributed by atoms with Gasteiger partial charge < -0.3 is 15.7 Å². The summed E-state index contributed by atoms with van der Waals surface area (Å²) in [5.74, 6) is 0.841. The second-order valence-corrected chi connectivity index (χ2v) is 7.93. The van der Waals surface area contributed by atoms with Gasteiger partial charge in [-0.25, -0.2) is 9.97 Å². The highest BCUT2D eigenvalue weighted by Crippen LogP contribution is 2.34. The van der Waals surface area contributed by atoms with Crippen molar-refractivity contribution >= 4 is 28.5 Å².